The topological polar surface area (TPSA) is 59.9 Å². The Labute approximate surface area is 131 Å². The minimum Gasteiger partial charge on any atom is -0.322 e. The number of nitrogens with one attached hydrogen (secondary N) is 1. The first-order valence-corrected chi connectivity index (χ1v) is 7.80. The summed E-state index contributed by atoms with van der Waals surface area (Å²) in [5.74, 6) is 0.611. The van der Waals surface area contributed by atoms with Crippen molar-refractivity contribution in [2.45, 2.75) is 33.2 Å². The number of rotatable bonds is 7. The number of H-pyrrole nitrogens is 1. The molecule has 0 radical (unpaired) electrons. The first-order valence-electron chi connectivity index (χ1n) is 7.80. The average Bonchev–Trinajstić information content (AvgIpc) is 2.50. The van der Waals surface area contributed by atoms with Crippen LogP contribution in [0.2, 0.25) is 0 Å². The van der Waals surface area contributed by atoms with E-state index >= 15 is 0 Å². The average molecular weight is 297 g/mol. The number of nitrogens with zero attached hydrogens (tertiary/aromatic N) is 2. The molecule has 2 rings (SSSR count). The van der Waals surface area contributed by atoms with E-state index < -0.39 is 0 Å². The van der Waals surface area contributed by atoms with Crippen LogP contribution in [0.1, 0.15) is 32.3 Å². The number of fused-ring (bicyclic) bond motifs is 1. The number of hydrogen-bond donors (Lipinski definition) is 1. The Hall–Kier alpha value is -2.12. The van der Waals surface area contributed by atoms with Gasteiger partial charge in [0.1, 0.15) is 0 Å². The van der Waals surface area contributed by atoms with Gasteiger partial charge in [-0.25, -0.2) is 0 Å². The number of para-hydroxylation sites is 1. The fourth-order valence-corrected chi connectivity index (χ4v) is 2.47. The van der Waals surface area contributed by atoms with Crippen LogP contribution in [0.3, 0.4) is 0 Å². The fraction of sp³-hybridized carbons (Fsp3) is 0.444. The van der Waals surface area contributed by atoms with Crippen LogP contribution in [0, 0.1) is 17.2 Å². The predicted molar refractivity (Wildman–Crippen MR) is 89.5 cm³/mol. The molecule has 1 heterocycles. The number of aromatic nitrogens is 1. The van der Waals surface area contributed by atoms with Crippen molar-refractivity contribution in [2.24, 2.45) is 5.92 Å². The summed E-state index contributed by atoms with van der Waals surface area (Å²) < 4.78 is 0. The van der Waals surface area contributed by atoms with Gasteiger partial charge in [0.2, 0.25) is 0 Å². The zero-order chi connectivity index (χ0) is 15.9. The molecule has 1 N–H and O–H groups in total. The summed E-state index contributed by atoms with van der Waals surface area (Å²) in [6.45, 7) is 6.58. The molecule has 0 unspecified atom stereocenters. The molecular weight excluding hydrogens is 274 g/mol. The maximum absolute atomic E-state index is 12.2. The van der Waals surface area contributed by atoms with E-state index in [-0.39, 0.29) is 5.56 Å². The third-order valence-corrected chi connectivity index (χ3v) is 3.79. The van der Waals surface area contributed by atoms with Gasteiger partial charge in [-0.2, -0.15) is 5.26 Å². The monoisotopic (exact) mass is 297 g/mol. The summed E-state index contributed by atoms with van der Waals surface area (Å²) in [5, 5.41) is 9.85. The number of pyridine rings is 1. The number of aromatic amines is 1. The summed E-state index contributed by atoms with van der Waals surface area (Å²) in [7, 11) is 0. The van der Waals surface area contributed by atoms with Crippen molar-refractivity contribution >= 4 is 10.9 Å². The van der Waals surface area contributed by atoms with E-state index in [4.69, 9.17) is 5.26 Å². The van der Waals surface area contributed by atoms with Gasteiger partial charge in [-0.05, 0) is 36.4 Å². The first-order chi connectivity index (χ1) is 10.6. The SMILES string of the molecule is CC(C)CCN(CCC#N)Cc1cc2ccccc2[nH]c1=O. The molecule has 2 aromatic rings. The number of hydrogen-bond acceptors (Lipinski definition) is 3. The third-order valence-electron chi connectivity index (χ3n) is 3.79. The standard InChI is InChI=1S/C18H23N3O/c1-14(2)8-11-21(10-5-9-19)13-16-12-15-6-3-4-7-17(15)20-18(16)22/h3-4,6-7,12,14H,5,8,10-11,13H2,1-2H3,(H,20,22). The molecule has 0 bridgehead atoms. The van der Waals surface area contributed by atoms with E-state index in [0.29, 0.717) is 25.4 Å². The minimum absolute atomic E-state index is 0.0368. The third kappa shape index (κ3) is 4.44. The molecule has 116 valence electrons. The maximum atomic E-state index is 12.2. The van der Waals surface area contributed by atoms with Crippen LogP contribution in [0.4, 0.5) is 0 Å². The summed E-state index contributed by atoms with van der Waals surface area (Å²) in [6, 6.07) is 11.9. The van der Waals surface area contributed by atoms with E-state index in [1.165, 1.54) is 0 Å². The van der Waals surface area contributed by atoms with Crippen LogP contribution in [-0.4, -0.2) is 23.0 Å². The van der Waals surface area contributed by atoms with Crippen LogP contribution in [0.25, 0.3) is 10.9 Å². The quantitative estimate of drug-likeness (QED) is 0.853. The second-order valence-electron chi connectivity index (χ2n) is 6.08. The number of nitriles is 1. The van der Waals surface area contributed by atoms with Crippen molar-refractivity contribution in [1.29, 1.82) is 5.26 Å². The molecule has 1 aromatic carbocycles. The highest BCUT2D eigenvalue weighted by atomic mass is 16.1. The summed E-state index contributed by atoms with van der Waals surface area (Å²) in [5.41, 5.74) is 1.59. The molecule has 4 heteroatoms. The molecule has 4 nitrogen and oxygen atoms in total. The fourth-order valence-electron chi connectivity index (χ4n) is 2.47. The normalized spacial score (nSPS) is 11.2. The molecule has 0 aliphatic carbocycles. The van der Waals surface area contributed by atoms with Gasteiger partial charge in [0.25, 0.3) is 5.56 Å². The Bertz CT molecular complexity index is 712. The molecule has 1 aromatic heterocycles. The van der Waals surface area contributed by atoms with E-state index in [1.807, 2.05) is 30.3 Å². The highest BCUT2D eigenvalue weighted by Crippen LogP contribution is 2.12. The molecule has 0 atom stereocenters. The first kappa shape index (κ1) is 16.3. The van der Waals surface area contributed by atoms with Gasteiger partial charge in [-0.1, -0.05) is 32.0 Å². The van der Waals surface area contributed by atoms with Crippen molar-refractivity contribution in [1.82, 2.24) is 9.88 Å². The molecule has 0 saturated heterocycles. The van der Waals surface area contributed by atoms with E-state index in [0.717, 1.165) is 29.4 Å². The maximum Gasteiger partial charge on any atom is 0.252 e. The highest BCUT2D eigenvalue weighted by molar-refractivity contribution is 5.78. The summed E-state index contributed by atoms with van der Waals surface area (Å²) >= 11 is 0. The van der Waals surface area contributed by atoms with Gasteiger partial charge in [-0.3, -0.25) is 9.69 Å². The molecule has 0 fully saturated rings. The Morgan fingerprint density at radius 2 is 2.05 bits per heavy atom. The van der Waals surface area contributed by atoms with Crippen LogP contribution in [0.15, 0.2) is 35.1 Å². The molecule has 0 spiro atoms. The second-order valence-corrected chi connectivity index (χ2v) is 6.08. The molecule has 0 aliphatic heterocycles. The lowest BCUT2D eigenvalue weighted by Gasteiger charge is -2.22. The molecule has 0 amide bonds. The lowest BCUT2D eigenvalue weighted by Crippen LogP contribution is -2.29. The Kier molecular flexibility index (Phi) is 5.74. The lowest BCUT2D eigenvalue weighted by atomic mass is 10.1. The molecule has 22 heavy (non-hydrogen) atoms. The van der Waals surface area contributed by atoms with Crippen LogP contribution in [-0.2, 0) is 6.54 Å². The van der Waals surface area contributed by atoms with Crippen molar-refractivity contribution in [3.05, 3.63) is 46.2 Å². The minimum atomic E-state index is -0.0368. The van der Waals surface area contributed by atoms with Gasteiger partial charge in [0.15, 0.2) is 0 Å². The lowest BCUT2D eigenvalue weighted by molar-refractivity contribution is 0.254. The van der Waals surface area contributed by atoms with E-state index in [2.05, 4.69) is 29.8 Å². The molecule has 0 aliphatic rings. The largest absolute Gasteiger partial charge is 0.322 e. The van der Waals surface area contributed by atoms with E-state index in [1.54, 1.807) is 0 Å². The number of benzene rings is 1. The zero-order valence-electron chi connectivity index (χ0n) is 13.3. The highest BCUT2D eigenvalue weighted by Gasteiger charge is 2.10. The second kappa shape index (κ2) is 7.77. The predicted octanol–water partition coefficient (Wildman–Crippen LogP) is 3.29. The molecule has 0 saturated carbocycles. The van der Waals surface area contributed by atoms with Gasteiger partial charge in [0, 0.05) is 30.6 Å². The van der Waals surface area contributed by atoms with Crippen LogP contribution < -0.4 is 5.56 Å². The van der Waals surface area contributed by atoms with Crippen molar-refractivity contribution in [3.63, 3.8) is 0 Å². The van der Waals surface area contributed by atoms with Gasteiger partial charge >= 0.3 is 0 Å². The Morgan fingerprint density at radius 3 is 2.77 bits per heavy atom. The zero-order valence-corrected chi connectivity index (χ0v) is 13.3. The molecular formula is C18H23N3O. The smallest absolute Gasteiger partial charge is 0.252 e. The van der Waals surface area contributed by atoms with Gasteiger partial charge in [0.05, 0.1) is 6.07 Å². The van der Waals surface area contributed by atoms with Crippen molar-refractivity contribution < 1.29 is 0 Å². The van der Waals surface area contributed by atoms with Crippen molar-refractivity contribution in [3.8, 4) is 6.07 Å². The van der Waals surface area contributed by atoms with E-state index in [9.17, 15) is 4.79 Å². The van der Waals surface area contributed by atoms with Crippen LogP contribution >= 0.6 is 0 Å². The Morgan fingerprint density at radius 1 is 1.27 bits per heavy atom. The van der Waals surface area contributed by atoms with Gasteiger partial charge < -0.3 is 4.98 Å². The van der Waals surface area contributed by atoms with Crippen molar-refractivity contribution in [2.75, 3.05) is 13.1 Å². The van der Waals surface area contributed by atoms with Gasteiger partial charge in [-0.15, -0.1) is 0 Å². The summed E-state index contributed by atoms with van der Waals surface area (Å²) in [4.78, 5) is 17.4. The van der Waals surface area contributed by atoms with Crippen LogP contribution in [0.5, 0.6) is 0 Å². The Balaban J connectivity index is 2.19. The summed E-state index contributed by atoms with van der Waals surface area (Å²) in [6.07, 6.45) is 1.56.